The average Bonchev–Trinajstić information content (AvgIpc) is 3.71. The maximum absolute atomic E-state index is 6.54. The normalized spacial score (nSPS) is 11.8. The highest BCUT2D eigenvalue weighted by molar-refractivity contribution is 6.20. The Morgan fingerprint density at radius 2 is 0.915 bits per heavy atom. The molecule has 0 aliphatic carbocycles. The minimum absolute atomic E-state index is 0.863. The molecule has 0 atom stereocenters. The van der Waals surface area contributed by atoms with Crippen molar-refractivity contribution in [3.05, 3.63) is 164 Å². The van der Waals surface area contributed by atoms with Gasteiger partial charge in [0.05, 0.1) is 0 Å². The third-order valence-electron chi connectivity index (χ3n) is 9.42. The molecule has 0 amide bonds. The highest BCUT2D eigenvalue weighted by atomic mass is 16.3. The van der Waals surface area contributed by atoms with Gasteiger partial charge >= 0.3 is 0 Å². The first-order valence-electron chi connectivity index (χ1n) is 15.9. The molecule has 3 heteroatoms. The molecule has 0 aliphatic rings. The zero-order chi connectivity index (χ0) is 30.9. The van der Waals surface area contributed by atoms with Crippen molar-refractivity contribution in [3.63, 3.8) is 0 Å². The number of hydrogen-bond donors (Lipinski definition) is 0. The summed E-state index contributed by atoms with van der Waals surface area (Å²) in [6, 6.07) is 57.9. The third-order valence-corrected chi connectivity index (χ3v) is 9.42. The highest BCUT2D eigenvalue weighted by Crippen LogP contribution is 2.43. The van der Waals surface area contributed by atoms with E-state index < -0.39 is 0 Å². The molecule has 10 rings (SSSR count). The fourth-order valence-corrected chi connectivity index (χ4v) is 7.25. The summed E-state index contributed by atoms with van der Waals surface area (Å²) < 4.78 is 12.8. The lowest BCUT2D eigenvalue weighted by Gasteiger charge is -2.26. The van der Waals surface area contributed by atoms with Crippen LogP contribution in [0.15, 0.2) is 173 Å². The van der Waals surface area contributed by atoms with E-state index in [1.54, 1.807) is 0 Å². The summed E-state index contributed by atoms with van der Waals surface area (Å²) in [5, 5.41) is 9.27. The van der Waals surface area contributed by atoms with Gasteiger partial charge in [0, 0.05) is 44.7 Å². The quantitative estimate of drug-likeness (QED) is 0.201. The van der Waals surface area contributed by atoms with Gasteiger partial charge in [0.25, 0.3) is 0 Å². The van der Waals surface area contributed by atoms with E-state index >= 15 is 0 Å². The Kier molecular flexibility index (Phi) is 5.57. The molecule has 8 aromatic carbocycles. The van der Waals surface area contributed by atoms with Crippen molar-refractivity contribution >= 4 is 82.5 Å². The van der Waals surface area contributed by atoms with Gasteiger partial charge in [-0.05, 0) is 87.3 Å². The van der Waals surface area contributed by atoms with Crippen LogP contribution in [0.5, 0.6) is 0 Å². The molecule has 10 aromatic rings. The fourth-order valence-electron chi connectivity index (χ4n) is 7.25. The van der Waals surface area contributed by atoms with Crippen LogP contribution in [-0.4, -0.2) is 0 Å². The van der Waals surface area contributed by atoms with E-state index in [2.05, 4.69) is 157 Å². The molecule has 0 saturated carbocycles. The van der Waals surface area contributed by atoms with Gasteiger partial charge in [-0.25, -0.2) is 0 Å². The molecule has 0 N–H and O–H groups in total. The van der Waals surface area contributed by atoms with Crippen molar-refractivity contribution in [2.75, 3.05) is 4.90 Å². The van der Waals surface area contributed by atoms with Crippen LogP contribution in [0, 0.1) is 0 Å². The predicted molar refractivity (Wildman–Crippen MR) is 196 cm³/mol. The van der Waals surface area contributed by atoms with Gasteiger partial charge < -0.3 is 13.7 Å². The first-order valence-corrected chi connectivity index (χ1v) is 15.9. The van der Waals surface area contributed by atoms with E-state index in [4.69, 9.17) is 8.83 Å². The van der Waals surface area contributed by atoms with Crippen molar-refractivity contribution in [2.45, 2.75) is 0 Å². The van der Waals surface area contributed by atoms with Gasteiger partial charge in [0.1, 0.15) is 22.3 Å². The maximum atomic E-state index is 6.54. The fraction of sp³-hybridized carbons (Fsp3) is 0. The number of fused-ring (bicyclic) bond motifs is 10. The molecule has 0 bridgehead atoms. The molecule has 0 unspecified atom stereocenters. The van der Waals surface area contributed by atoms with Gasteiger partial charge in [-0.3, -0.25) is 0 Å². The number of nitrogens with zero attached hydrogens (tertiary/aromatic N) is 1. The summed E-state index contributed by atoms with van der Waals surface area (Å²) in [5.74, 6) is 0. The molecule has 0 spiro atoms. The zero-order valence-corrected chi connectivity index (χ0v) is 25.4. The van der Waals surface area contributed by atoms with Crippen molar-refractivity contribution in [3.8, 4) is 11.1 Å². The second-order valence-corrected chi connectivity index (χ2v) is 12.1. The second kappa shape index (κ2) is 10.1. The Morgan fingerprint density at radius 3 is 1.79 bits per heavy atom. The first kappa shape index (κ1) is 26.0. The summed E-state index contributed by atoms with van der Waals surface area (Å²) in [7, 11) is 0. The lowest BCUT2D eigenvalue weighted by Crippen LogP contribution is -2.10. The summed E-state index contributed by atoms with van der Waals surface area (Å²) >= 11 is 0. The van der Waals surface area contributed by atoms with Crippen molar-refractivity contribution < 1.29 is 8.83 Å². The smallest absolute Gasteiger partial charge is 0.137 e. The van der Waals surface area contributed by atoms with Crippen molar-refractivity contribution in [1.82, 2.24) is 0 Å². The minimum Gasteiger partial charge on any atom is -0.456 e. The standard InChI is InChI=1S/C44H27NO2/c1-2-9-28(10-3-1)31-12-8-13-32(25-31)45(33-20-17-30-19-24-41-44(38(30)26-33)36-15-6-7-16-39(36)46-41)34-21-22-37-42(27-34)47-40-23-18-29-11-4-5-14-35(29)43(37)40/h1-27H. The van der Waals surface area contributed by atoms with Gasteiger partial charge in [0.2, 0.25) is 0 Å². The summed E-state index contributed by atoms with van der Waals surface area (Å²) in [4.78, 5) is 2.33. The molecule has 0 fully saturated rings. The van der Waals surface area contributed by atoms with Crippen LogP contribution in [0.1, 0.15) is 0 Å². The Labute approximate surface area is 270 Å². The Hall–Kier alpha value is -6.32. The molecule has 0 aliphatic heterocycles. The number of para-hydroxylation sites is 1. The molecular weight excluding hydrogens is 574 g/mol. The van der Waals surface area contributed by atoms with Gasteiger partial charge in [0.15, 0.2) is 0 Å². The SMILES string of the molecule is c1ccc(-c2cccc(N(c3ccc4c(c3)oc3ccc5ccccc5c34)c3ccc4ccc5oc6ccccc6c5c4c3)c2)cc1. The number of anilines is 3. The van der Waals surface area contributed by atoms with Crippen LogP contribution < -0.4 is 4.90 Å². The zero-order valence-electron chi connectivity index (χ0n) is 25.4. The van der Waals surface area contributed by atoms with Crippen LogP contribution in [0.2, 0.25) is 0 Å². The number of hydrogen-bond acceptors (Lipinski definition) is 3. The minimum atomic E-state index is 0.863. The van der Waals surface area contributed by atoms with E-state index in [1.165, 1.54) is 21.7 Å². The van der Waals surface area contributed by atoms with Crippen LogP contribution >= 0.6 is 0 Å². The Balaban J connectivity index is 1.22. The molecule has 47 heavy (non-hydrogen) atoms. The second-order valence-electron chi connectivity index (χ2n) is 12.1. The van der Waals surface area contributed by atoms with E-state index in [0.29, 0.717) is 0 Å². The monoisotopic (exact) mass is 601 g/mol. The first-order chi connectivity index (χ1) is 23.3. The van der Waals surface area contributed by atoms with E-state index in [9.17, 15) is 0 Å². The predicted octanol–water partition coefficient (Wildman–Crippen LogP) is 12.9. The lowest BCUT2D eigenvalue weighted by molar-refractivity contribution is 0.669. The Morgan fingerprint density at radius 1 is 0.319 bits per heavy atom. The molecule has 0 radical (unpaired) electrons. The summed E-state index contributed by atoms with van der Waals surface area (Å²) in [6.45, 7) is 0. The topological polar surface area (TPSA) is 29.5 Å². The van der Waals surface area contributed by atoms with E-state index in [0.717, 1.165) is 71.9 Å². The van der Waals surface area contributed by atoms with E-state index in [-0.39, 0.29) is 0 Å². The van der Waals surface area contributed by atoms with Gasteiger partial charge in [-0.1, -0.05) is 103 Å². The number of rotatable bonds is 4. The van der Waals surface area contributed by atoms with E-state index in [1.807, 2.05) is 12.1 Å². The molecule has 2 heterocycles. The highest BCUT2D eigenvalue weighted by Gasteiger charge is 2.19. The molecule has 2 aromatic heterocycles. The summed E-state index contributed by atoms with van der Waals surface area (Å²) in [6.07, 6.45) is 0. The molecule has 0 saturated heterocycles. The van der Waals surface area contributed by atoms with Crippen LogP contribution in [0.4, 0.5) is 17.1 Å². The van der Waals surface area contributed by atoms with Crippen molar-refractivity contribution in [2.24, 2.45) is 0 Å². The molecular formula is C44H27NO2. The number of benzene rings is 8. The van der Waals surface area contributed by atoms with Crippen LogP contribution in [0.25, 0.3) is 76.5 Å². The van der Waals surface area contributed by atoms with Crippen molar-refractivity contribution in [1.29, 1.82) is 0 Å². The van der Waals surface area contributed by atoms with Crippen LogP contribution in [0.3, 0.4) is 0 Å². The molecule has 3 nitrogen and oxygen atoms in total. The summed E-state index contributed by atoms with van der Waals surface area (Å²) in [5.41, 5.74) is 9.04. The maximum Gasteiger partial charge on any atom is 0.137 e. The molecule has 220 valence electrons. The Bertz CT molecular complexity index is 2810. The van der Waals surface area contributed by atoms with Crippen LogP contribution in [-0.2, 0) is 0 Å². The lowest BCUT2D eigenvalue weighted by atomic mass is 10.0. The van der Waals surface area contributed by atoms with Gasteiger partial charge in [-0.2, -0.15) is 0 Å². The number of furan rings is 2. The van der Waals surface area contributed by atoms with Gasteiger partial charge in [-0.15, -0.1) is 0 Å². The third kappa shape index (κ3) is 4.07. The largest absolute Gasteiger partial charge is 0.456 e. The average molecular weight is 602 g/mol.